The van der Waals surface area contributed by atoms with Crippen molar-refractivity contribution in [2.75, 3.05) is 13.1 Å². The summed E-state index contributed by atoms with van der Waals surface area (Å²) in [6.45, 7) is 1.41. The molecule has 6 heteroatoms. The van der Waals surface area contributed by atoms with Crippen LogP contribution in [0.5, 0.6) is 0 Å². The number of nitrogens with one attached hydrogen (secondary N) is 2. The van der Waals surface area contributed by atoms with E-state index in [2.05, 4.69) is 10.6 Å². The number of hydrogen-bond donors (Lipinski definition) is 2. The predicted molar refractivity (Wildman–Crippen MR) is 165 cm³/mol. The molecule has 4 rings (SSSR count). The zero-order valence-electron chi connectivity index (χ0n) is 23.7. The lowest BCUT2D eigenvalue weighted by Gasteiger charge is -2.18. The van der Waals surface area contributed by atoms with E-state index in [1.165, 1.54) is 0 Å². The maximum Gasteiger partial charge on any atom is 0.323 e. The molecule has 0 spiro atoms. The lowest BCUT2D eigenvalue weighted by atomic mass is 10.1. The third-order valence-electron chi connectivity index (χ3n) is 6.71. The molecule has 0 saturated carbocycles. The minimum absolute atomic E-state index is 0.232. The second-order valence-electron chi connectivity index (χ2n) is 9.96. The molecular weight excluding hydrogens is 524 g/mol. The monoisotopic (exact) mass is 562 g/mol. The van der Waals surface area contributed by atoms with Crippen LogP contribution in [0.15, 0.2) is 133 Å². The summed E-state index contributed by atoms with van der Waals surface area (Å²) >= 11 is 0. The third-order valence-corrected chi connectivity index (χ3v) is 6.71. The first-order chi connectivity index (χ1) is 20.7. The Morgan fingerprint density at radius 3 is 1.14 bits per heavy atom. The molecule has 42 heavy (non-hydrogen) atoms. The Labute approximate surface area is 248 Å². The normalized spacial score (nSPS) is 12.5. The SMILES string of the molecule is O=C(OCc1ccccc1)[C@H](Cc1ccccc1)NC/C=C\CN[C@@H](Cc1ccccc1)C(=O)OCc1ccccc1. The van der Waals surface area contributed by atoms with Crippen molar-refractivity contribution >= 4 is 11.9 Å². The van der Waals surface area contributed by atoms with Crippen LogP contribution in [0.25, 0.3) is 0 Å². The van der Waals surface area contributed by atoms with Gasteiger partial charge in [0.15, 0.2) is 0 Å². The van der Waals surface area contributed by atoms with Gasteiger partial charge in [-0.3, -0.25) is 9.59 Å². The summed E-state index contributed by atoms with van der Waals surface area (Å²) in [5, 5.41) is 6.63. The van der Waals surface area contributed by atoms with Crippen molar-refractivity contribution in [3.05, 3.63) is 156 Å². The summed E-state index contributed by atoms with van der Waals surface area (Å²) in [7, 11) is 0. The van der Waals surface area contributed by atoms with E-state index in [0.717, 1.165) is 22.3 Å². The number of ether oxygens (including phenoxy) is 2. The minimum Gasteiger partial charge on any atom is -0.460 e. The summed E-state index contributed by atoms with van der Waals surface area (Å²) in [6.07, 6.45) is 4.94. The van der Waals surface area contributed by atoms with Crippen molar-refractivity contribution in [1.29, 1.82) is 0 Å². The molecule has 0 aromatic heterocycles. The van der Waals surface area contributed by atoms with Crippen molar-refractivity contribution in [3.8, 4) is 0 Å². The van der Waals surface area contributed by atoms with Gasteiger partial charge in [0.2, 0.25) is 0 Å². The summed E-state index contributed by atoms with van der Waals surface area (Å²) < 4.78 is 11.2. The maximum absolute atomic E-state index is 13.0. The van der Waals surface area contributed by atoms with E-state index in [1.807, 2.05) is 133 Å². The quantitative estimate of drug-likeness (QED) is 0.140. The number of carbonyl (C=O) groups is 2. The van der Waals surface area contributed by atoms with Gasteiger partial charge >= 0.3 is 11.9 Å². The highest BCUT2D eigenvalue weighted by Crippen LogP contribution is 2.09. The Kier molecular flexibility index (Phi) is 12.6. The van der Waals surface area contributed by atoms with Crippen LogP contribution in [0.4, 0.5) is 0 Å². The van der Waals surface area contributed by atoms with Gasteiger partial charge in [-0.05, 0) is 35.1 Å². The largest absolute Gasteiger partial charge is 0.460 e. The summed E-state index contributed by atoms with van der Waals surface area (Å²) in [6, 6.07) is 38.1. The highest BCUT2D eigenvalue weighted by molar-refractivity contribution is 5.76. The molecular formula is C36H38N2O4. The average molecular weight is 563 g/mol. The van der Waals surface area contributed by atoms with E-state index in [4.69, 9.17) is 9.47 Å². The molecule has 4 aromatic carbocycles. The van der Waals surface area contributed by atoms with Crippen molar-refractivity contribution < 1.29 is 19.1 Å². The molecule has 0 unspecified atom stereocenters. The van der Waals surface area contributed by atoms with Crippen molar-refractivity contribution in [2.24, 2.45) is 0 Å². The van der Waals surface area contributed by atoms with E-state index < -0.39 is 12.1 Å². The first kappa shape index (κ1) is 30.4. The number of hydrogen-bond acceptors (Lipinski definition) is 6. The van der Waals surface area contributed by atoms with Gasteiger partial charge in [0.1, 0.15) is 25.3 Å². The van der Waals surface area contributed by atoms with Gasteiger partial charge in [-0.1, -0.05) is 133 Å². The molecule has 2 atom stereocenters. The van der Waals surface area contributed by atoms with Crippen LogP contribution in [-0.2, 0) is 45.1 Å². The Bertz CT molecular complexity index is 1260. The van der Waals surface area contributed by atoms with Gasteiger partial charge in [-0.25, -0.2) is 0 Å². The zero-order valence-corrected chi connectivity index (χ0v) is 23.7. The average Bonchev–Trinajstić information content (AvgIpc) is 3.05. The van der Waals surface area contributed by atoms with E-state index in [1.54, 1.807) is 0 Å². The molecule has 0 amide bonds. The second-order valence-corrected chi connectivity index (χ2v) is 9.96. The Morgan fingerprint density at radius 1 is 0.500 bits per heavy atom. The molecule has 6 nitrogen and oxygen atoms in total. The Hall–Kier alpha value is -4.52. The predicted octanol–water partition coefficient (Wildman–Crippen LogP) is 5.43. The molecule has 0 bridgehead atoms. The van der Waals surface area contributed by atoms with E-state index >= 15 is 0 Å². The van der Waals surface area contributed by atoms with Gasteiger partial charge in [0.05, 0.1) is 0 Å². The van der Waals surface area contributed by atoms with Gasteiger partial charge in [0, 0.05) is 13.1 Å². The lowest BCUT2D eigenvalue weighted by molar-refractivity contribution is -0.148. The van der Waals surface area contributed by atoms with Crippen LogP contribution in [0, 0.1) is 0 Å². The molecule has 0 aliphatic rings. The molecule has 2 N–H and O–H groups in total. The van der Waals surface area contributed by atoms with Crippen LogP contribution >= 0.6 is 0 Å². The Balaban J connectivity index is 1.29. The van der Waals surface area contributed by atoms with Gasteiger partial charge in [-0.15, -0.1) is 0 Å². The maximum atomic E-state index is 13.0. The van der Waals surface area contributed by atoms with Gasteiger partial charge < -0.3 is 20.1 Å². The molecule has 0 heterocycles. The topological polar surface area (TPSA) is 76.7 Å². The first-order valence-corrected chi connectivity index (χ1v) is 14.3. The molecule has 0 aliphatic heterocycles. The van der Waals surface area contributed by atoms with E-state index in [0.29, 0.717) is 25.9 Å². The molecule has 0 fully saturated rings. The minimum atomic E-state index is -0.493. The van der Waals surface area contributed by atoms with Crippen molar-refractivity contribution in [2.45, 2.75) is 38.1 Å². The summed E-state index contributed by atoms with van der Waals surface area (Å²) in [5.41, 5.74) is 4.00. The fraction of sp³-hybridized carbons (Fsp3) is 0.222. The summed E-state index contributed by atoms with van der Waals surface area (Å²) in [5.74, 6) is -0.586. The first-order valence-electron chi connectivity index (χ1n) is 14.3. The fourth-order valence-corrected chi connectivity index (χ4v) is 4.42. The summed E-state index contributed by atoms with van der Waals surface area (Å²) in [4.78, 5) is 25.9. The van der Waals surface area contributed by atoms with Crippen molar-refractivity contribution in [3.63, 3.8) is 0 Å². The van der Waals surface area contributed by atoms with Crippen LogP contribution in [0.3, 0.4) is 0 Å². The lowest BCUT2D eigenvalue weighted by Crippen LogP contribution is -2.40. The third kappa shape index (κ3) is 10.8. The number of benzene rings is 4. The van der Waals surface area contributed by atoms with Crippen LogP contribution in [-0.4, -0.2) is 37.1 Å². The van der Waals surface area contributed by atoms with E-state index in [-0.39, 0.29) is 25.2 Å². The second kappa shape index (κ2) is 17.3. The van der Waals surface area contributed by atoms with Crippen LogP contribution in [0.2, 0.25) is 0 Å². The zero-order chi connectivity index (χ0) is 29.2. The number of rotatable bonds is 16. The van der Waals surface area contributed by atoms with Crippen LogP contribution < -0.4 is 10.6 Å². The smallest absolute Gasteiger partial charge is 0.323 e. The molecule has 216 valence electrons. The number of esters is 2. The Morgan fingerprint density at radius 2 is 0.810 bits per heavy atom. The fourth-order valence-electron chi connectivity index (χ4n) is 4.42. The van der Waals surface area contributed by atoms with E-state index in [9.17, 15) is 9.59 Å². The molecule has 0 radical (unpaired) electrons. The van der Waals surface area contributed by atoms with Gasteiger partial charge in [0.25, 0.3) is 0 Å². The van der Waals surface area contributed by atoms with Crippen LogP contribution in [0.1, 0.15) is 22.3 Å². The number of carbonyl (C=O) groups excluding carboxylic acids is 2. The highest BCUT2D eigenvalue weighted by Gasteiger charge is 2.21. The highest BCUT2D eigenvalue weighted by atomic mass is 16.5. The standard InChI is InChI=1S/C36H38N2O4/c39-35(41-27-31-19-9-3-10-20-31)33(25-29-15-5-1-6-16-29)37-23-13-14-24-38-34(26-30-17-7-2-8-18-30)36(40)42-28-32-21-11-4-12-22-32/h1-22,33-34,37-38H,23-28H2/b14-13-/t33-,34-/m0/s1. The van der Waals surface area contributed by atoms with Crippen molar-refractivity contribution in [1.82, 2.24) is 10.6 Å². The molecule has 4 aromatic rings. The van der Waals surface area contributed by atoms with Gasteiger partial charge in [-0.2, -0.15) is 0 Å². The molecule has 0 saturated heterocycles. The molecule has 0 aliphatic carbocycles.